The Bertz CT molecular complexity index is 476. The van der Waals surface area contributed by atoms with E-state index in [2.05, 4.69) is 5.16 Å². The maximum atomic E-state index is 10.7. The van der Waals surface area contributed by atoms with Gasteiger partial charge in [-0.3, -0.25) is 4.55 Å². The fraction of sp³-hybridized carbons (Fsp3) is 0.300. The quantitative estimate of drug-likeness (QED) is 0.239. The van der Waals surface area contributed by atoms with Crippen molar-refractivity contribution in [3.63, 3.8) is 0 Å². The largest absolute Gasteiger partial charge is 1.00 e. The smallest absolute Gasteiger partial charge is 0.396 e. The summed E-state index contributed by atoms with van der Waals surface area (Å²) in [4.78, 5) is 4.91. The van der Waals surface area contributed by atoms with Gasteiger partial charge in [0.05, 0.1) is 11.5 Å². The molecule has 0 aliphatic heterocycles. The molecule has 1 N–H and O–H groups in total. The van der Waals surface area contributed by atoms with E-state index in [-0.39, 0.29) is 35.3 Å². The SMILES string of the molecule is CCO/N=C(/CSS(=O)(=O)O)c1ccccc1.[Na+]. The Labute approximate surface area is 132 Å². The first-order valence-electron chi connectivity index (χ1n) is 4.89. The van der Waals surface area contributed by atoms with Gasteiger partial charge in [-0.15, -0.1) is 0 Å². The van der Waals surface area contributed by atoms with Crippen LogP contribution in [0.25, 0.3) is 0 Å². The zero-order valence-corrected chi connectivity index (χ0v) is 13.9. The maximum absolute atomic E-state index is 10.7. The summed E-state index contributed by atoms with van der Waals surface area (Å²) in [6.07, 6.45) is 0. The average Bonchev–Trinajstić information content (AvgIpc) is 2.29. The van der Waals surface area contributed by atoms with Crippen LogP contribution < -0.4 is 29.6 Å². The van der Waals surface area contributed by atoms with Crippen molar-refractivity contribution in [1.82, 2.24) is 0 Å². The molecular weight excluding hydrogens is 285 g/mol. The van der Waals surface area contributed by atoms with Crippen LogP contribution in [0.2, 0.25) is 0 Å². The fourth-order valence-electron chi connectivity index (χ4n) is 1.07. The van der Waals surface area contributed by atoms with Crippen molar-refractivity contribution in [1.29, 1.82) is 0 Å². The van der Waals surface area contributed by atoms with Crippen LogP contribution >= 0.6 is 10.8 Å². The Kier molecular flexibility index (Phi) is 8.93. The monoisotopic (exact) mass is 298 g/mol. The standard InChI is InChI=1S/C10H13NO4S2.Na/c1-2-15-11-10(8-16-17(12,13)14)9-6-4-3-5-7-9;/h3-7H,2,8H2,1H3,(H,12,13,14);/q;+1/b11-10-;. The zero-order valence-electron chi connectivity index (χ0n) is 10.2. The minimum absolute atomic E-state index is 0. The Morgan fingerprint density at radius 3 is 2.50 bits per heavy atom. The third kappa shape index (κ3) is 7.40. The number of hydrogen-bond acceptors (Lipinski definition) is 5. The van der Waals surface area contributed by atoms with E-state index in [0.717, 1.165) is 5.56 Å². The molecule has 18 heavy (non-hydrogen) atoms. The third-order valence-corrected chi connectivity index (χ3v) is 3.69. The number of benzene rings is 1. The van der Waals surface area contributed by atoms with Gasteiger partial charge in [0.25, 0.3) is 0 Å². The Morgan fingerprint density at radius 1 is 1.39 bits per heavy atom. The van der Waals surface area contributed by atoms with Gasteiger partial charge in [0.15, 0.2) is 0 Å². The third-order valence-electron chi connectivity index (χ3n) is 1.76. The van der Waals surface area contributed by atoms with Crippen LogP contribution in [0.4, 0.5) is 0 Å². The summed E-state index contributed by atoms with van der Waals surface area (Å²) in [5.74, 6) is 0.0306. The van der Waals surface area contributed by atoms with Gasteiger partial charge in [0.2, 0.25) is 0 Å². The summed E-state index contributed by atoms with van der Waals surface area (Å²) >= 11 is 0. The Hall–Kier alpha value is -0.0500. The minimum atomic E-state index is -4.07. The normalized spacial score (nSPS) is 11.8. The van der Waals surface area contributed by atoms with E-state index in [9.17, 15) is 8.42 Å². The number of oxime groups is 1. The van der Waals surface area contributed by atoms with E-state index >= 15 is 0 Å². The molecule has 1 aromatic rings. The van der Waals surface area contributed by atoms with Crippen molar-refractivity contribution < 1.29 is 47.4 Å². The topological polar surface area (TPSA) is 76.0 Å². The van der Waals surface area contributed by atoms with Gasteiger partial charge in [-0.2, -0.15) is 8.42 Å². The van der Waals surface area contributed by atoms with E-state index in [0.29, 0.717) is 23.1 Å². The molecule has 0 aromatic heterocycles. The van der Waals surface area contributed by atoms with Crippen LogP contribution in [-0.4, -0.2) is 31.0 Å². The van der Waals surface area contributed by atoms with E-state index in [1.807, 2.05) is 18.2 Å². The second kappa shape index (κ2) is 8.95. The van der Waals surface area contributed by atoms with E-state index in [1.165, 1.54) is 0 Å². The molecule has 0 atom stereocenters. The average molecular weight is 298 g/mol. The Balaban J connectivity index is 0.00000289. The number of hydrogen-bond donors (Lipinski definition) is 1. The summed E-state index contributed by atoms with van der Waals surface area (Å²) in [6, 6.07) is 9.06. The molecule has 0 aliphatic carbocycles. The van der Waals surface area contributed by atoms with Crippen LogP contribution in [0.3, 0.4) is 0 Å². The zero-order chi connectivity index (χ0) is 12.7. The first-order valence-corrected chi connectivity index (χ1v) is 7.83. The fourth-order valence-corrected chi connectivity index (χ4v) is 2.33. The molecule has 1 aromatic carbocycles. The van der Waals surface area contributed by atoms with Gasteiger partial charge in [0.1, 0.15) is 6.61 Å². The molecule has 0 aliphatic rings. The molecule has 0 bridgehead atoms. The minimum Gasteiger partial charge on any atom is -0.396 e. The predicted octanol–water partition coefficient (Wildman–Crippen LogP) is -1.03. The Morgan fingerprint density at radius 2 is 2.00 bits per heavy atom. The van der Waals surface area contributed by atoms with E-state index in [4.69, 9.17) is 9.39 Å². The van der Waals surface area contributed by atoms with Gasteiger partial charge in [-0.05, 0) is 6.92 Å². The maximum Gasteiger partial charge on any atom is 1.00 e. The first-order chi connectivity index (χ1) is 8.03. The number of nitrogens with zero attached hydrogens (tertiary/aromatic N) is 1. The number of rotatable bonds is 6. The second-order valence-electron chi connectivity index (χ2n) is 3.01. The van der Waals surface area contributed by atoms with Gasteiger partial charge >= 0.3 is 38.7 Å². The van der Waals surface area contributed by atoms with Gasteiger partial charge < -0.3 is 4.84 Å². The van der Waals surface area contributed by atoms with Crippen LogP contribution in [0.1, 0.15) is 12.5 Å². The van der Waals surface area contributed by atoms with E-state index < -0.39 is 9.15 Å². The van der Waals surface area contributed by atoms with Crippen LogP contribution in [0, 0.1) is 0 Å². The molecule has 0 unspecified atom stereocenters. The molecule has 0 spiro atoms. The summed E-state index contributed by atoms with van der Waals surface area (Å²) in [7, 11) is -3.67. The second-order valence-corrected chi connectivity index (χ2v) is 6.36. The molecule has 0 radical (unpaired) electrons. The summed E-state index contributed by atoms with van der Waals surface area (Å²) in [5.41, 5.74) is 1.23. The van der Waals surface area contributed by atoms with Crippen molar-refractivity contribution >= 4 is 25.7 Å². The molecule has 0 fully saturated rings. The first kappa shape index (κ1) is 17.9. The predicted molar refractivity (Wildman–Crippen MR) is 68.6 cm³/mol. The van der Waals surface area contributed by atoms with Crippen molar-refractivity contribution in [3.05, 3.63) is 35.9 Å². The molecule has 0 saturated carbocycles. The summed E-state index contributed by atoms with van der Waals surface area (Å²) in [6.45, 7) is 2.18. The van der Waals surface area contributed by atoms with Crippen LogP contribution in [0.5, 0.6) is 0 Å². The summed E-state index contributed by atoms with van der Waals surface area (Å²) < 4.78 is 30.0. The molecule has 5 nitrogen and oxygen atoms in total. The molecule has 0 heterocycles. The molecule has 1 rings (SSSR count). The van der Waals surface area contributed by atoms with Crippen molar-refractivity contribution in [2.75, 3.05) is 12.4 Å². The molecule has 8 heteroatoms. The molecule has 0 amide bonds. The van der Waals surface area contributed by atoms with Gasteiger partial charge in [0, 0.05) is 16.4 Å². The van der Waals surface area contributed by atoms with Crippen LogP contribution in [-0.2, 0) is 14.0 Å². The van der Waals surface area contributed by atoms with Crippen LogP contribution in [0.15, 0.2) is 35.5 Å². The van der Waals surface area contributed by atoms with E-state index in [1.54, 1.807) is 19.1 Å². The van der Waals surface area contributed by atoms with Gasteiger partial charge in [-0.1, -0.05) is 35.5 Å². The van der Waals surface area contributed by atoms with Gasteiger partial charge in [-0.25, -0.2) is 0 Å². The molecular formula is C10H13NNaO4S2+. The van der Waals surface area contributed by atoms with Crippen molar-refractivity contribution in [2.24, 2.45) is 5.16 Å². The van der Waals surface area contributed by atoms with Crippen molar-refractivity contribution in [2.45, 2.75) is 6.92 Å². The van der Waals surface area contributed by atoms with Crippen molar-refractivity contribution in [3.8, 4) is 0 Å². The molecule has 94 valence electrons. The summed E-state index contributed by atoms with van der Waals surface area (Å²) in [5, 5.41) is 3.84. The molecule has 0 saturated heterocycles.